The van der Waals surface area contributed by atoms with E-state index in [1.165, 1.54) is 0 Å². The van der Waals surface area contributed by atoms with Crippen molar-refractivity contribution in [2.75, 3.05) is 11.2 Å². The Morgan fingerprint density at radius 3 is 2.38 bits per heavy atom. The molecule has 5 rings (SSSR count). The Morgan fingerprint density at radius 1 is 1.00 bits per heavy atom. The molecule has 0 fully saturated rings. The second-order valence-electron chi connectivity index (χ2n) is 7.76. The molecule has 8 heteroatoms. The molecule has 3 aromatic carbocycles. The number of urea groups is 1. The van der Waals surface area contributed by atoms with Crippen LogP contribution in [-0.2, 0) is 0 Å². The molecule has 0 spiro atoms. The number of hydrogen-bond acceptors (Lipinski definition) is 5. The van der Waals surface area contributed by atoms with E-state index in [4.69, 9.17) is 21.1 Å². The normalized spacial score (nSPS) is 16.0. The summed E-state index contributed by atoms with van der Waals surface area (Å²) in [6.07, 6.45) is 2.03. The minimum Gasteiger partial charge on any atom is -0.334 e. The van der Waals surface area contributed by atoms with Crippen molar-refractivity contribution >= 4 is 40.7 Å². The maximum Gasteiger partial charge on any atom is 0.326 e. The molecule has 0 radical (unpaired) electrons. The van der Waals surface area contributed by atoms with Gasteiger partial charge in [-0.3, -0.25) is 4.90 Å². The molecule has 34 heavy (non-hydrogen) atoms. The zero-order valence-electron chi connectivity index (χ0n) is 18.5. The maximum atomic E-state index is 13.3. The summed E-state index contributed by atoms with van der Waals surface area (Å²) in [6.45, 7) is 1.89. The summed E-state index contributed by atoms with van der Waals surface area (Å²) in [4.78, 5) is 20.7. The Morgan fingerprint density at radius 2 is 1.71 bits per heavy atom. The van der Waals surface area contributed by atoms with Crippen LogP contribution < -0.4 is 10.2 Å². The van der Waals surface area contributed by atoms with E-state index >= 15 is 0 Å². The molecule has 0 aliphatic carbocycles. The number of allylic oxidation sites excluding steroid dienone is 1. The summed E-state index contributed by atoms with van der Waals surface area (Å²) in [5.41, 5.74) is 3.91. The van der Waals surface area contributed by atoms with E-state index in [1.54, 1.807) is 40.9 Å². The van der Waals surface area contributed by atoms with Gasteiger partial charge in [0.1, 0.15) is 0 Å². The number of anilines is 1. The fourth-order valence-corrected chi connectivity index (χ4v) is 4.54. The molecule has 1 atom stereocenters. The van der Waals surface area contributed by atoms with Crippen LogP contribution in [0.3, 0.4) is 0 Å². The van der Waals surface area contributed by atoms with Crippen LogP contribution in [0.2, 0.25) is 5.02 Å². The van der Waals surface area contributed by atoms with Gasteiger partial charge < -0.3 is 9.84 Å². The summed E-state index contributed by atoms with van der Waals surface area (Å²) < 4.78 is 5.74. The van der Waals surface area contributed by atoms with Crippen LogP contribution in [0.4, 0.5) is 10.5 Å². The first-order chi connectivity index (χ1) is 16.5. The van der Waals surface area contributed by atoms with Crippen LogP contribution in [0, 0.1) is 0 Å². The number of amides is 2. The highest BCUT2D eigenvalue weighted by Gasteiger charge is 2.36. The van der Waals surface area contributed by atoms with Crippen LogP contribution in [0.5, 0.6) is 0 Å². The molecule has 0 bridgehead atoms. The number of aromatic nitrogens is 2. The van der Waals surface area contributed by atoms with E-state index in [0.29, 0.717) is 28.1 Å². The first-order valence-electron chi connectivity index (χ1n) is 10.7. The molecule has 1 aliphatic heterocycles. The van der Waals surface area contributed by atoms with Crippen molar-refractivity contribution in [3.63, 3.8) is 0 Å². The quantitative estimate of drug-likeness (QED) is 0.312. The number of halogens is 1. The number of carbonyl (C=O) groups is 1. The van der Waals surface area contributed by atoms with Gasteiger partial charge in [0.05, 0.1) is 17.3 Å². The molecule has 1 aliphatic rings. The number of nitrogens with zero attached hydrogens (tertiary/aromatic N) is 3. The van der Waals surface area contributed by atoms with Gasteiger partial charge in [0.2, 0.25) is 5.82 Å². The third kappa shape index (κ3) is 4.20. The highest BCUT2D eigenvalue weighted by atomic mass is 35.5. The van der Waals surface area contributed by atoms with Crippen molar-refractivity contribution in [2.45, 2.75) is 17.9 Å². The van der Waals surface area contributed by atoms with Crippen molar-refractivity contribution in [1.29, 1.82) is 0 Å². The molecule has 1 aromatic heterocycles. The Balaban J connectivity index is 1.64. The van der Waals surface area contributed by atoms with Crippen molar-refractivity contribution in [1.82, 2.24) is 15.5 Å². The third-order valence-corrected chi connectivity index (χ3v) is 6.70. The molecule has 0 saturated carbocycles. The van der Waals surface area contributed by atoms with Crippen LogP contribution >= 0.6 is 23.4 Å². The molecule has 0 saturated heterocycles. The van der Waals surface area contributed by atoms with Gasteiger partial charge in [-0.25, -0.2) is 4.79 Å². The summed E-state index contributed by atoms with van der Waals surface area (Å²) in [7, 11) is 0. The lowest BCUT2D eigenvalue weighted by atomic mass is 9.94. The summed E-state index contributed by atoms with van der Waals surface area (Å²) in [6, 6.07) is 24.2. The van der Waals surface area contributed by atoms with Gasteiger partial charge in [-0.05, 0) is 55.1 Å². The van der Waals surface area contributed by atoms with E-state index in [1.807, 2.05) is 67.8 Å². The van der Waals surface area contributed by atoms with Crippen molar-refractivity contribution in [3.8, 4) is 11.4 Å². The van der Waals surface area contributed by atoms with Gasteiger partial charge in [0.25, 0.3) is 5.89 Å². The Labute approximate surface area is 206 Å². The van der Waals surface area contributed by atoms with E-state index in [9.17, 15) is 4.79 Å². The molecule has 170 valence electrons. The predicted molar refractivity (Wildman–Crippen MR) is 136 cm³/mol. The van der Waals surface area contributed by atoms with Gasteiger partial charge in [0.15, 0.2) is 0 Å². The first kappa shape index (κ1) is 22.3. The smallest absolute Gasteiger partial charge is 0.326 e. The van der Waals surface area contributed by atoms with E-state index < -0.39 is 6.04 Å². The molecule has 4 aromatic rings. The molecular formula is C26H21ClN4O2S. The Bertz CT molecular complexity index is 1350. The zero-order valence-corrected chi connectivity index (χ0v) is 20.1. The molecule has 2 heterocycles. The zero-order chi connectivity index (χ0) is 23.7. The van der Waals surface area contributed by atoms with Gasteiger partial charge in [-0.15, -0.1) is 11.8 Å². The van der Waals surface area contributed by atoms with Crippen LogP contribution in [0.15, 0.2) is 94.0 Å². The number of thioether (sulfide) groups is 1. The first-order valence-corrected chi connectivity index (χ1v) is 12.3. The molecule has 2 amide bonds. The van der Waals surface area contributed by atoms with Gasteiger partial charge >= 0.3 is 6.03 Å². The summed E-state index contributed by atoms with van der Waals surface area (Å²) in [5, 5.41) is 7.93. The third-order valence-electron chi connectivity index (χ3n) is 5.71. The van der Waals surface area contributed by atoms with Crippen molar-refractivity contribution in [2.24, 2.45) is 0 Å². The SMILES string of the molecule is CSc1ccc(C2NC(=O)N(c3ccc(Cl)cc3)C(C)=C2c2nc(-c3ccccc3)no2)cc1. The largest absolute Gasteiger partial charge is 0.334 e. The van der Waals surface area contributed by atoms with Gasteiger partial charge in [0, 0.05) is 21.2 Å². The minimum atomic E-state index is -0.448. The fraction of sp³-hybridized carbons (Fsp3) is 0.115. The van der Waals surface area contributed by atoms with Crippen LogP contribution in [-0.4, -0.2) is 22.4 Å². The minimum absolute atomic E-state index is 0.245. The summed E-state index contributed by atoms with van der Waals surface area (Å²) >= 11 is 7.73. The standard InChI is InChI=1S/C26H21ClN4O2S/c1-16-22(25-29-24(30-33-25)18-6-4-3-5-7-18)23(17-8-14-21(34-2)15-9-17)28-26(32)31(16)20-12-10-19(27)11-13-20/h3-15,23H,1-2H3,(H,28,32). The van der Waals surface area contributed by atoms with E-state index in [2.05, 4.69) is 10.5 Å². The lowest BCUT2D eigenvalue weighted by Gasteiger charge is -2.35. The number of carbonyl (C=O) groups excluding carboxylic acids is 1. The van der Waals surface area contributed by atoms with E-state index in [0.717, 1.165) is 21.6 Å². The topological polar surface area (TPSA) is 71.3 Å². The lowest BCUT2D eigenvalue weighted by Crippen LogP contribution is -2.46. The van der Waals surface area contributed by atoms with Crippen LogP contribution in [0.1, 0.15) is 24.4 Å². The average molecular weight is 489 g/mol. The second-order valence-corrected chi connectivity index (χ2v) is 9.07. The summed E-state index contributed by atoms with van der Waals surface area (Å²) in [5.74, 6) is 0.844. The highest BCUT2D eigenvalue weighted by Crippen LogP contribution is 2.39. The number of hydrogen-bond donors (Lipinski definition) is 1. The average Bonchev–Trinajstić information content (AvgIpc) is 3.35. The Kier molecular flexibility index (Phi) is 6.13. The monoisotopic (exact) mass is 488 g/mol. The number of rotatable bonds is 5. The second kappa shape index (κ2) is 9.37. The Hall–Kier alpha value is -3.55. The predicted octanol–water partition coefficient (Wildman–Crippen LogP) is 6.81. The van der Waals surface area contributed by atoms with Crippen LogP contribution in [0.25, 0.3) is 17.0 Å². The fourth-order valence-electron chi connectivity index (χ4n) is 4.00. The lowest BCUT2D eigenvalue weighted by molar-refractivity contribution is 0.244. The van der Waals surface area contributed by atoms with Crippen molar-refractivity contribution < 1.29 is 9.32 Å². The highest BCUT2D eigenvalue weighted by molar-refractivity contribution is 7.98. The number of nitrogens with one attached hydrogen (secondary N) is 1. The van der Waals surface area contributed by atoms with E-state index in [-0.39, 0.29) is 6.03 Å². The molecular weight excluding hydrogens is 468 g/mol. The number of benzene rings is 3. The maximum absolute atomic E-state index is 13.3. The van der Waals surface area contributed by atoms with Gasteiger partial charge in [-0.1, -0.05) is 59.2 Å². The molecule has 1 N–H and O–H groups in total. The molecule has 6 nitrogen and oxygen atoms in total. The van der Waals surface area contributed by atoms with Crippen molar-refractivity contribution in [3.05, 3.63) is 101 Å². The molecule has 1 unspecified atom stereocenters. The van der Waals surface area contributed by atoms with Gasteiger partial charge in [-0.2, -0.15) is 4.98 Å².